The monoisotopic (exact) mass is 253 g/mol. The number of hydrogen-bond donors (Lipinski definition) is 2. The summed E-state index contributed by atoms with van der Waals surface area (Å²) >= 11 is 0. The molecule has 2 aliphatic rings. The average Bonchev–Trinajstić information content (AvgIpc) is 3.08. The van der Waals surface area contributed by atoms with E-state index < -0.39 is 0 Å². The first-order valence-corrected chi connectivity index (χ1v) is 7.01. The molecule has 5 heteroatoms. The number of nitrogens with zero attached hydrogens (tertiary/aromatic N) is 1. The number of rotatable bonds is 8. The van der Waals surface area contributed by atoms with Gasteiger partial charge in [0.1, 0.15) is 0 Å². The summed E-state index contributed by atoms with van der Waals surface area (Å²) in [7, 11) is 0. The molecule has 0 atom stereocenters. The van der Waals surface area contributed by atoms with Crippen molar-refractivity contribution in [3.63, 3.8) is 0 Å². The van der Waals surface area contributed by atoms with Crippen LogP contribution in [-0.2, 0) is 9.59 Å². The lowest BCUT2D eigenvalue weighted by atomic mass is 10.3. The molecule has 0 spiro atoms. The summed E-state index contributed by atoms with van der Waals surface area (Å²) in [6.07, 6.45) is 5.13. The van der Waals surface area contributed by atoms with Gasteiger partial charge in [-0.05, 0) is 38.1 Å². The van der Waals surface area contributed by atoms with Crippen molar-refractivity contribution in [2.24, 2.45) is 5.92 Å². The Kier molecular flexibility index (Phi) is 4.99. The Balaban J connectivity index is 1.44. The zero-order valence-corrected chi connectivity index (χ0v) is 10.9. The summed E-state index contributed by atoms with van der Waals surface area (Å²) in [6, 6.07) is 0. The van der Waals surface area contributed by atoms with E-state index in [0.29, 0.717) is 19.5 Å². The van der Waals surface area contributed by atoms with Crippen LogP contribution in [0.15, 0.2) is 0 Å². The zero-order valence-electron chi connectivity index (χ0n) is 10.9. The predicted octanol–water partition coefficient (Wildman–Crippen LogP) is 0.115. The third-order valence-corrected chi connectivity index (χ3v) is 3.51. The second-order valence-corrected chi connectivity index (χ2v) is 5.26. The van der Waals surface area contributed by atoms with Crippen molar-refractivity contribution in [2.45, 2.75) is 32.1 Å². The lowest BCUT2D eigenvalue weighted by Gasteiger charge is -2.15. The fourth-order valence-corrected chi connectivity index (χ4v) is 2.21. The van der Waals surface area contributed by atoms with Gasteiger partial charge in [0.05, 0.1) is 6.54 Å². The molecule has 2 fully saturated rings. The first kappa shape index (κ1) is 13.3. The van der Waals surface area contributed by atoms with E-state index in [-0.39, 0.29) is 11.8 Å². The van der Waals surface area contributed by atoms with Crippen LogP contribution in [0.5, 0.6) is 0 Å². The molecule has 0 bridgehead atoms. The third kappa shape index (κ3) is 4.64. The molecule has 0 radical (unpaired) electrons. The zero-order chi connectivity index (χ0) is 12.8. The van der Waals surface area contributed by atoms with Gasteiger partial charge in [0.15, 0.2) is 0 Å². The Hall–Kier alpha value is -1.10. The van der Waals surface area contributed by atoms with Gasteiger partial charge in [0.25, 0.3) is 0 Å². The third-order valence-electron chi connectivity index (χ3n) is 3.51. The Bertz CT molecular complexity index is 303. The largest absolute Gasteiger partial charge is 0.355 e. The Morgan fingerprint density at radius 1 is 1.39 bits per heavy atom. The number of carbonyl (C=O) groups is 2. The molecule has 0 unspecified atom stereocenters. The first-order valence-electron chi connectivity index (χ1n) is 7.01. The van der Waals surface area contributed by atoms with Gasteiger partial charge in [-0.25, -0.2) is 0 Å². The summed E-state index contributed by atoms with van der Waals surface area (Å²) in [5, 5.41) is 6.04. The van der Waals surface area contributed by atoms with Gasteiger partial charge in [0, 0.05) is 26.1 Å². The van der Waals surface area contributed by atoms with Gasteiger partial charge in [-0.2, -0.15) is 0 Å². The number of nitrogens with one attached hydrogen (secondary N) is 2. The van der Waals surface area contributed by atoms with Crippen LogP contribution in [0.4, 0.5) is 0 Å². The van der Waals surface area contributed by atoms with Gasteiger partial charge >= 0.3 is 0 Å². The molecule has 102 valence electrons. The maximum absolute atomic E-state index is 11.5. The van der Waals surface area contributed by atoms with Gasteiger partial charge in [-0.1, -0.05) is 0 Å². The smallest absolute Gasteiger partial charge is 0.233 e. The van der Waals surface area contributed by atoms with E-state index in [0.717, 1.165) is 38.4 Å². The first-order chi connectivity index (χ1) is 8.75. The fourth-order valence-electron chi connectivity index (χ4n) is 2.21. The highest BCUT2D eigenvalue weighted by atomic mass is 16.2. The SMILES string of the molecule is O=C(CNCC1CC1)NCCCN1CCCC1=O. The minimum Gasteiger partial charge on any atom is -0.355 e. The molecular formula is C13H23N3O2. The van der Waals surface area contributed by atoms with Crippen LogP contribution in [0.25, 0.3) is 0 Å². The Morgan fingerprint density at radius 2 is 2.22 bits per heavy atom. The van der Waals surface area contributed by atoms with Crippen LogP contribution in [0.2, 0.25) is 0 Å². The van der Waals surface area contributed by atoms with Crippen molar-refractivity contribution in [1.29, 1.82) is 0 Å². The van der Waals surface area contributed by atoms with Gasteiger partial charge in [-0.15, -0.1) is 0 Å². The molecule has 18 heavy (non-hydrogen) atoms. The molecule has 1 saturated carbocycles. The normalized spacial score (nSPS) is 19.3. The van der Waals surface area contributed by atoms with E-state index in [4.69, 9.17) is 0 Å². The summed E-state index contributed by atoms with van der Waals surface area (Å²) in [4.78, 5) is 24.7. The van der Waals surface area contributed by atoms with E-state index in [1.165, 1.54) is 12.8 Å². The number of likely N-dealkylation sites (tertiary alicyclic amines) is 1. The van der Waals surface area contributed by atoms with E-state index in [9.17, 15) is 9.59 Å². The summed E-state index contributed by atoms with van der Waals surface area (Å²) < 4.78 is 0. The van der Waals surface area contributed by atoms with Crippen LogP contribution in [0.1, 0.15) is 32.1 Å². The minimum absolute atomic E-state index is 0.0587. The molecule has 2 N–H and O–H groups in total. The van der Waals surface area contributed by atoms with Crippen LogP contribution in [-0.4, -0.2) is 49.4 Å². The summed E-state index contributed by atoms with van der Waals surface area (Å²) in [5.74, 6) is 1.12. The van der Waals surface area contributed by atoms with E-state index in [2.05, 4.69) is 10.6 Å². The molecule has 1 heterocycles. The topological polar surface area (TPSA) is 61.4 Å². The molecule has 1 aliphatic heterocycles. The maximum Gasteiger partial charge on any atom is 0.233 e. The van der Waals surface area contributed by atoms with Crippen molar-refractivity contribution in [3.05, 3.63) is 0 Å². The summed E-state index contributed by atoms with van der Waals surface area (Å²) in [5.41, 5.74) is 0. The molecule has 5 nitrogen and oxygen atoms in total. The molecule has 1 aliphatic carbocycles. The Labute approximate surface area is 108 Å². The minimum atomic E-state index is 0.0587. The molecular weight excluding hydrogens is 230 g/mol. The highest BCUT2D eigenvalue weighted by Crippen LogP contribution is 2.27. The van der Waals surface area contributed by atoms with Crippen molar-refractivity contribution in [2.75, 3.05) is 32.7 Å². The van der Waals surface area contributed by atoms with Crippen molar-refractivity contribution >= 4 is 11.8 Å². The van der Waals surface area contributed by atoms with E-state index >= 15 is 0 Å². The molecule has 1 saturated heterocycles. The fraction of sp³-hybridized carbons (Fsp3) is 0.846. The molecule has 0 aromatic rings. The maximum atomic E-state index is 11.5. The number of hydrogen-bond acceptors (Lipinski definition) is 3. The highest BCUT2D eigenvalue weighted by molar-refractivity contribution is 5.78. The van der Waals surface area contributed by atoms with Crippen molar-refractivity contribution < 1.29 is 9.59 Å². The quantitative estimate of drug-likeness (QED) is 0.604. The lowest BCUT2D eigenvalue weighted by molar-refractivity contribution is -0.127. The number of carbonyl (C=O) groups excluding carboxylic acids is 2. The van der Waals surface area contributed by atoms with Gasteiger partial charge in [0.2, 0.25) is 11.8 Å². The highest BCUT2D eigenvalue weighted by Gasteiger charge is 2.21. The summed E-state index contributed by atoms with van der Waals surface area (Å²) in [6.45, 7) is 3.70. The second kappa shape index (κ2) is 6.73. The van der Waals surface area contributed by atoms with Crippen molar-refractivity contribution in [3.8, 4) is 0 Å². The second-order valence-electron chi connectivity index (χ2n) is 5.26. The van der Waals surface area contributed by atoms with Crippen LogP contribution >= 0.6 is 0 Å². The Morgan fingerprint density at radius 3 is 2.89 bits per heavy atom. The molecule has 2 rings (SSSR count). The predicted molar refractivity (Wildman–Crippen MR) is 69.0 cm³/mol. The van der Waals surface area contributed by atoms with Gasteiger partial charge < -0.3 is 15.5 Å². The van der Waals surface area contributed by atoms with Gasteiger partial charge in [-0.3, -0.25) is 9.59 Å². The average molecular weight is 253 g/mol. The van der Waals surface area contributed by atoms with Crippen LogP contribution in [0, 0.1) is 5.92 Å². The van der Waals surface area contributed by atoms with Crippen LogP contribution < -0.4 is 10.6 Å². The lowest BCUT2D eigenvalue weighted by Crippen LogP contribution is -2.36. The molecule has 0 aromatic heterocycles. The van der Waals surface area contributed by atoms with E-state index in [1.807, 2.05) is 4.90 Å². The van der Waals surface area contributed by atoms with Crippen LogP contribution in [0.3, 0.4) is 0 Å². The van der Waals surface area contributed by atoms with E-state index in [1.54, 1.807) is 0 Å². The molecule has 2 amide bonds. The molecule has 0 aromatic carbocycles. The number of amides is 2. The standard InChI is InChI=1S/C13H23N3O2/c17-12(10-14-9-11-4-5-11)15-6-2-8-16-7-1-3-13(16)18/h11,14H,1-10H2,(H,15,17). The van der Waals surface area contributed by atoms with Crippen molar-refractivity contribution in [1.82, 2.24) is 15.5 Å².